The summed E-state index contributed by atoms with van der Waals surface area (Å²) >= 11 is 12.6. The highest BCUT2D eigenvalue weighted by Gasteiger charge is 2.38. The Labute approximate surface area is 149 Å². The zero-order valence-corrected chi connectivity index (χ0v) is 14.1. The number of carbonyl (C=O) groups excluding carboxylic acids is 1. The van der Waals surface area contributed by atoms with Gasteiger partial charge >= 0.3 is 0 Å². The summed E-state index contributed by atoms with van der Waals surface area (Å²) in [6, 6.07) is 10.8. The van der Waals surface area contributed by atoms with E-state index in [1.54, 1.807) is 24.3 Å². The van der Waals surface area contributed by atoms with Gasteiger partial charge < -0.3 is 15.2 Å². The number of anilines is 1. The average molecular weight is 359 g/mol. The second-order valence-corrected chi connectivity index (χ2v) is 6.99. The van der Waals surface area contributed by atoms with E-state index >= 15 is 0 Å². The van der Waals surface area contributed by atoms with Crippen LogP contribution < -0.4 is 10.4 Å². The molecule has 0 radical (unpaired) electrons. The Balaban J connectivity index is 1.81. The summed E-state index contributed by atoms with van der Waals surface area (Å²) in [5.41, 5.74) is 3.09. The Morgan fingerprint density at radius 2 is 2.00 bits per heavy atom. The van der Waals surface area contributed by atoms with Gasteiger partial charge in [-0.15, -0.1) is 0 Å². The van der Waals surface area contributed by atoms with E-state index in [0.717, 1.165) is 23.2 Å². The van der Waals surface area contributed by atoms with Gasteiger partial charge in [0.2, 0.25) is 0 Å². The van der Waals surface area contributed by atoms with E-state index in [0.29, 0.717) is 10.0 Å². The molecule has 1 heterocycles. The normalized spacial score (nSPS) is 24.2. The van der Waals surface area contributed by atoms with Gasteiger partial charge in [0.1, 0.15) is 0 Å². The summed E-state index contributed by atoms with van der Waals surface area (Å²) < 4.78 is 0. The number of carboxylic acids is 1. The van der Waals surface area contributed by atoms with Crippen molar-refractivity contribution < 1.29 is 9.90 Å². The van der Waals surface area contributed by atoms with Crippen LogP contribution in [0.15, 0.2) is 48.6 Å². The molecule has 5 heteroatoms. The Morgan fingerprint density at radius 1 is 1.17 bits per heavy atom. The molecule has 2 aliphatic rings. The first kappa shape index (κ1) is 15.6. The zero-order chi connectivity index (χ0) is 16.8. The number of hydrogen-bond donors (Lipinski definition) is 1. The van der Waals surface area contributed by atoms with Gasteiger partial charge in [-0.05, 0) is 47.2 Å². The predicted octanol–water partition coefficient (Wildman–Crippen LogP) is 4.18. The minimum Gasteiger partial charge on any atom is -0.545 e. The third-order valence-electron chi connectivity index (χ3n) is 4.92. The highest BCUT2D eigenvalue weighted by atomic mass is 35.5. The number of carbonyl (C=O) groups is 1. The van der Waals surface area contributed by atoms with E-state index in [9.17, 15) is 9.90 Å². The molecule has 2 aromatic rings. The van der Waals surface area contributed by atoms with Crippen LogP contribution in [0.25, 0.3) is 0 Å². The van der Waals surface area contributed by atoms with Crippen LogP contribution in [0.3, 0.4) is 0 Å². The van der Waals surface area contributed by atoms with Gasteiger partial charge in [-0.2, -0.15) is 0 Å². The first-order valence-electron chi connectivity index (χ1n) is 7.78. The number of halogens is 2. The van der Waals surface area contributed by atoms with Gasteiger partial charge in [0.05, 0.1) is 22.1 Å². The van der Waals surface area contributed by atoms with Gasteiger partial charge in [-0.1, -0.05) is 53.6 Å². The van der Waals surface area contributed by atoms with Crippen molar-refractivity contribution >= 4 is 34.9 Å². The number of nitrogens with one attached hydrogen (secondary N) is 1. The highest BCUT2D eigenvalue weighted by Crippen LogP contribution is 2.51. The van der Waals surface area contributed by atoms with Crippen LogP contribution >= 0.6 is 23.2 Å². The van der Waals surface area contributed by atoms with Gasteiger partial charge in [-0.3, -0.25) is 0 Å². The summed E-state index contributed by atoms with van der Waals surface area (Å²) in [6.07, 6.45) is 5.19. The van der Waals surface area contributed by atoms with Crippen molar-refractivity contribution in [2.75, 3.05) is 5.32 Å². The van der Waals surface area contributed by atoms with Crippen molar-refractivity contribution in [3.8, 4) is 0 Å². The fraction of sp³-hybridized carbons (Fsp3) is 0.211. The van der Waals surface area contributed by atoms with Crippen molar-refractivity contribution in [2.45, 2.75) is 18.4 Å². The van der Waals surface area contributed by atoms with Crippen LogP contribution in [-0.4, -0.2) is 5.97 Å². The quantitative estimate of drug-likeness (QED) is 0.819. The monoisotopic (exact) mass is 358 g/mol. The standard InChI is InChI=1S/C19H15Cl2NO2/c20-15-6-2-5-13(17(15)21)18-12-4-1-3-11(12)14-9-10(19(23)24)7-8-16(14)22-18/h1-3,5-9,11-12,18,22H,4H2,(H,23,24)/p-1/t11-,12-,18-/m0/s1. The molecule has 1 aliphatic heterocycles. The molecule has 1 N–H and O–H groups in total. The highest BCUT2D eigenvalue weighted by molar-refractivity contribution is 6.42. The van der Waals surface area contributed by atoms with Gasteiger partial charge in [0.25, 0.3) is 0 Å². The summed E-state index contributed by atoms with van der Waals surface area (Å²) in [5, 5.41) is 15.8. The molecule has 2 aromatic carbocycles. The van der Waals surface area contributed by atoms with E-state index in [1.165, 1.54) is 0 Å². The number of hydrogen-bond acceptors (Lipinski definition) is 3. The summed E-state index contributed by atoms with van der Waals surface area (Å²) in [7, 11) is 0. The molecule has 0 unspecified atom stereocenters. The molecular weight excluding hydrogens is 345 g/mol. The predicted molar refractivity (Wildman–Crippen MR) is 93.6 cm³/mol. The Morgan fingerprint density at radius 3 is 2.79 bits per heavy atom. The number of carboxylic acid groups (broad SMARTS) is 1. The molecule has 24 heavy (non-hydrogen) atoms. The van der Waals surface area contributed by atoms with E-state index in [1.807, 2.05) is 12.1 Å². The summed E-state index contributed by atoms with van der Waals surface area (Å²) in [5.74, 6) is -0.734. The molecule has 3 atom stereocenters. The Bertz CT molecular complexity index is 862. The minimum absolute atomic E-state index is 0.0255. The minimum atomic E-state index is -1.16. The van der Waals surface area contributed by atoms with Crippen LogP contribution in [0.2, 0.25) is 10.0 Å². The number of benzene rings is 2. The molecular formula is C19H14Cl2NO2-. The second kappa shape index (κ2) is 5.83. The molecule has 1 aliphatic carbocycles. The van der Waals surface area contributed by atoms with E-state index < -0.39 is 5.97 Å². The Kier molecular flexibility index (Phi) is 3.78. The van der Waals surface area contributed by atoms with Crippen molar-refractivity contribution in [1.29, 1.82) is 0 Å². The lowest BCUT2D eigenvalue weighted by Crippen LogP contribution is -2.30. The number of rotatable bonds is 2. The van der Waals surface area contributed by atoms with Crippen molar-refractivity contribution in [3.63, 3.8) is 0 Å². The van der Waals surface area contributed by atoms with Crippen LogP contribution in [0.4, 0.5) is 5.69 Å². The lowest BCUT2D eigenvalue weighted by atomic mass is 9.76. The molecule has 122 valence electrons. The number of aromatic carboxylic acids is 1. The Hall–Kier alpha value is -1.97. The molecule has 0 spiro atoms. The first-order chi connectivity index (χ1) is 11.6. The first-order valence-corrected chi connectivity index (χ1v) is 8.54. The molecule has 0 aromatic heterocycles. The van der Waals surface area contributed by atoms with Crippen LogP contribution in [0.1, 0.15) is 39.9 Å². The maximum Gasteiger partial charge on any atom is 0.0715 e. The smallest absolute Gasteiger partial charge is 0.0715 e. The molecule has 0 bridgehead atoms. The van der Waals surface area contributed by atoms with Gasteiger partial charge in [-0.25, -0.2) is 0 Å². The average Bonchev–Trinajstić information content (AvgIpc) is 3.06. The van der Waals surface area contributed by atoms with Crippen LogP contribution in [0.5, 0.6) is 0 Å². The fourth-order valence-corrected chi connectivity index (χ4v) is 4.22. The summed E-state index contributed by atoms with van der Waals surface area (Å²) in [4.78, 5) is 11.2. The van der Waals surface area contributed by atoms with Crippen molar-refractivity contribution in [1.82, 2.24) is 0 Å². The van der Waals surface area contributed by atoms with Gasteiger partial charge in [0, 0.05) is 11.6 Å². The lowest BCUT2D eigenvalue weighted by Gasteiger charge is -2.38. The summed E-state index contributed by atoms with van der Waals surface area (Å²) in [6.45, 7) is 0. The molecule has 4 rings (SSSR count). The fourth-order valence-electron chi connectivity index (χ4n) is 3.79. The largest absolute Gasteiger partial charge is 0.545 e. The molecule has 0 saturated heterocycles. The topological polar surface area (TPSA) is 52.2 Å². The maximum atomic E-state index is 11.2. The van der Waals surface area contributed by atoms with Crippen molar-refractivity contribution in [3.05, 3.63) is 75.3 Å². The SMILES string of the molecule is O=C([O-])c1ccc2c(c1)[C@H]1C=CC[C@@H]1[C@@H](c1cccc(Cl)c1Cl)N2. The third kappa shape index (κ3) is 2.40. The molecule has 0 fully saturated rings. The van der Waals surface area contributed by atoms with Crippen LogP contribution in [-0.2, 0) is 0 Å². The maximum absolute atomic E-state index is 11.2. The van der Waals surface area contributed by atoms with Crippen LogP contribution in [0, 0.1) is 5.92 Å². The lowest BCUT2D eigenvalue weighted by molar-refractivity contribution is -0.255. The van der Waals surface area contributed by atoms with E-state index in [4.69, 9.17) is 23.2 Å². The molecule has 3 nitrogen and oxygen atoms in total. The number of allylic oxidation sites excluding steroid dienone is 2. The molecule has 0 saturated carbocycles. The third-order valence-corrected chi connectivity index (χ3v) is 5.75. The number of fused-ring (bicyclic) bond motifs is 3. The molecule has 0 amide bonds. The van der Waals surface area contributed by atoms with Crippen molar-refractivity contribution in [2.24, 2.45) is 5.92 Å². The zero-order valence-electron chi connectivity index (χ0n) is 12.6. The second-order valence-electron chi connectivity index (χ2n) is 6.21. The van der Waals surface area contributed by atoms with E-state index in [2.05, 4.69) is 17.5 Å². The van der Waals surface area contributed by atoms with E-state index in [-0.39, 0.29) is 23.4 Å². The van der Waals surface area contributed by atoms with Gasteiger partial charge in [0.15, 0.2) is 0 Å².